The number of anilines is 1. The van der Waals surface area contributed by atoms with Crippen molar-refractivity contribution in [1.29, 1.82) is 0 Å². The molecule has 1 aromatic heterocycles. The quantitative estimate of drug-likeness (QED) is 0.639. The van der Waals surface area contributed by atoms with E-state index in [0.717, 1.165) is 0 Å². The van der Waals surface area contributed by atoms with Gasteiger partial charge in [-0.25, -0.2) is 0 Å². The zero-order valence-corrected chi connectivity index (χ0v) is 7.53. The highest BCUT2D eigenvalue weighted by molar-refractivity contribution is 7.91. The molecule has 6 nitrogen and oxygen atoms in total. The average Bonchev–Trinajstić information content (AvgIpc) is 2.47. The van der Waals surface area contributed by atoms with Crippen LogP contribution in [0.4, 0.5) is 5.69 Å². The fraction of sp³-hybridized carbons (Fsp3) is 0.333. The molecule has 0 aliphatic carbocycles. The zero-order chi connectivity index (χ0) is 9.31. The van der Waals surface area contributed by atoms with Gasteiger partial charge in [0, 0.05) is 13.1 Å². The predicted molar refractivity (Wildman–Crippen MR) is 46.3 cm³/mol. The summed E-state index contributed by atoms with van der Waals surface area (Å²) in [6, 6.07) is 1.61. The summed E-state index contributed by atoms with van der Waals surface area (Å²) >= 11 is 0. The fourth-order valence-electron chi connectivity index (χ4n) is 1.17. The van der Waals surface area contributed by atoms with Crippen molar-refractivity contribution in [3.05, 3.63) is 18.5 Å². The molecule has 1 aliphatic heterocycles. The van der Waals surface area contributed by atoms with E-state index in [-0.39, 0.29) is 0 Å². The number of nitrogens with one attached hydrogen (secondary N) is 1. The van der Waals surface area contributed by atoms with Crippen LogP contribution in [-0.2, 0) is 10.2 Å². The Morgan fingerprint density at radius 3 is 2.85 bits per heavy atom. The number of aromatic nitrogens is 2. The molecule has 7 heteroatoms. The van der Waals surface area contributed by atoms with Gasteiger partial charge in [-0.3, -0.25) is 4.31 Å². The normalized spacial score (nSPS) is 20.5. The van der Waals surface area contributed by atoms with Gasteiger partial charge in [-0.1, -0.05) is 0 Å². The van der Waals surface area contributed by atoms with E-state index in [1.165, 1.54) is 16.7 Å². The van der Waals surface area contributed by atoms with E-state index >= 15 is 0 Å². The van der Waals surface area contributed by atoms with Gasteiger partial charge in [-0.05, 0) is 6.07 Å². The second-order valence-electron chi connectivity index (χ2n) is 2.57. The summed E-state index contributed by atoms with van der Waals surface area (Å²) in [5.41, 5.74) is 0.542. The Bertz CT molecular complexity index is 390. The van der Waals surface area contributed by atoms with Crippen molar-refractivity contribution < 1.29 is 8.42 Å². The van der Waals surface area contributed by atoms with Crippen LogP contribution < -0.4 is 9.03 Å². The highest BCUT2D eigenvalue weighted by Gasteiger charge is 2.27. The van der Waals surface area contributed by atoms with Gasteiger partial charge in [0.2, 0.25) is 0 Å². The van der Waals surface area contributed by atoms with Gasteiger partial charge < -0.3 is 0 Å². The van der Waals surface area contributed by atoms with Gasteiger partial charge >= 0.3 is 10.2 Å². The molecule has 2 rings (SSSR count). The third-order valence-corrected chi connectivity index (χ3v) is 3.29. The van der Waals surface area contributed by atoms with E-state index in [9.17, 15) is 8.42 Å². The molecule has 13 heavy (non-hydrogen) atoms. The number of nitrogens with zero attached hydrogens (tertiary/aromatic N) is 3. The molecule has 0 radical (unpaired) electrons. The molecule has 0 bridgehead atoms. The second kappa shape index (κ2) is 2.93. The Kier molecular flexibility index (Phi) is 1.89. The molecule has 1 aromatic rings. The second-order valence-corrected chi connectivity index (χ2v) is 4.25. The smallest absolute Gasteiger partial charge is 0.255 e. The predicted octanol–water partition coefficient (Wildman–Crippen LogP) is -0.869. The van der Waals surface area contributed by atoms with Crippen LogP contribution in [0.25, 0.3) is 0 Å². The Hall–Kier alpha value is -1.21. The van der Waals surface area contributed by atoms with Crippen molar-refractivity contribution in [3.8, 4) is 0 Å². The van der Waals surface area contributed by atoms with Crippen LogP contribution in [0, 0.1) is 0 Å². The van der Waals surface area contributed by atoms with E-state index in [4.69, 9.17) is 0 Å². The van der Waals surface area contributed by atoms with Crippen LogP contribution in [0.2, 0.25) is 0 Å². The molecule has 2 heterocycles. The van der Waals surface area contributed by atoms with Crippen molar-refractivity contribution >= 4 is 15.9 Å². The first-order valence-corrected chi connectivity index (χ1v) is 5.18. The summed E-state index contributed by atoms with van der Waals surface area (Å²) in [4.78, 5) is 0. The maximum absolute atomic E-state index is 11.3. The minimum atomic E-state index is -3.32. The molecular weight excluding hydrogens is 192 g/mol. The summed E-state index contributed by atoms with van der Waals surface area (Å²) in [7, 11) is -3.32. The van der Waals surface area contributed by atoms with Gasteiger partial charge in [0.1, 0.15) is 0 Å². The van der Waals surface area contributed by atoms with E-state index in [1.807, 2.05) is 0 Å². The zero-order valence-electron chi connectivity index (χ0n) is 6.71. The average molecular weight is 200 g/mol. The van der Waals surface area contributed by atoms with Gasteiger partial charge in [-0.2, -0.15) is 23.3 Å². The molecule has 1 fully saturated rings. The minimum Gasteiger partial charge on any atom is -0.255 e. The van der Waals surface area contributed by atoms with Crippen LogP contribution in [0.5, 0.6) is 0 Å². The van der Waals surface area contributed by atoms with Gasteiger partial charge in [-0.15, -0.1) is 0 Å². The first kappa shape index (κ1) is 8.39. The first-order valence-electron chi connectivity index (χ1n) is 3.74. The van der Waals surface area contributed by atoms with E-state index in [0.29, 0.717) is 18.8 Å². The number of hydrogen-bond acceptors (Lipinski definition) is 4. The van der Waals surface area contributed by atoms with Crippen LogP contribution in [0.15, 0.2) is 18.5 Å². The Morgan fingerprint density at radius 2 is 2.31 bits per heavy atom. The SMILES string of the molecule is O=S1(=O)NCCN1c1ccnnc1. The molecule has 0 unspecified atom stereocenters. The molecule has 0 amide bonds. The molecule has 1 aliphatic rings. The first-order chi connectivity index (χ1) is 6.20. The topological polar surface area (TPSA) is 75.2 Å². The maximum Gasteiger partial charge on any atom is 0.301 e. The highest BCUT2D eigenvalue weighted by atomic mass is 32.2. The van der Waals surface area contributed by atoms with Crippen molar-refractivity contribution in [2.24, 2.45) is 0 Å². The molecule has 0 saturated carbocycles. The molecule has 0 atom stereocenters. The van der Waals surface area contributed by atoms with E-state index in [2.05, 4.69) is 14.9 Å². The van der Waals surface area contributed by atoms with Crippen LogP contribution >= 0.6 is 0 Å². The third kappa shape index (κ3) is 1.47. The Balaban J connectivity index is 2.38. The van der Waals surface area contributed by atoms with Crippen molar-refractivity contribution in [3.63, 3.8) is 0 Å². The maximum atomic E-state index is 11.3. The lowest BCUT2D eigenvalue weighted by atomic mass is 10.4. The summed E-state index contributed by atoms with van der Waals surface area (Å²) < 4.78 is 26.3. The van der Waals surface area contributed by atoms with Crippen LogP contribution in [0.1, 0.15) is 0 Å². The van der Waals surface area contributed by atoms with Crippen LogP contribution in [0.3, 0.4) is 0 Å². The summed E-state index contributed by atoms with van der Waals surface area (Å²) in [5.74, 6) is 0. The van der Waals surface area contributed by atoms with E-state index < -0.39 is 10.2 Å². The standard InChI is InChI=1S/C6H8N4O2S/c11-13(12)9-3-4-10(13)6-1-2-7-8-5-6/h1-2,5,9H,3-4H2. The number of hydrogen-bond donors (Lipinski definition) is 1. The summed E-state index contributed by atoms with van der Waals surface area (Å²) in [6.07, 6.45) is 2.88. The molecule has 0 aromatic carbocycles. The highest BCUT2D eigenvalue weighted by Crippen LogP contribution is 2.16. The number of rotatable bonds is 1. The molecule has 1 N–H and O–H groups in total. The van der Waals surface area contributed by atoms with E-state index in [1.54, 1.807) is 6.07 Å². The fourth-order valence-corrected chi connectivity index (χ4v) is 2.40. The third-order valence-electron chi connectivity index (χ3n) is 1.75. The monoisotopic (exact) mass is 200 g/mol. The lowest BCUT2D eigenvalue weighted by Gasteiger charge is -2.13. The van der Waals surface area contributed by atoms with Crippen molar-refractivity contribution in [2.75, 3.05) is 17.4 Å². The summed E-state index contributed by atoms with van der Waals surface area (Å²) in [6.45, 7) is 0.874. The van der Waals surface area contributed by atoms with Gasteiger partial charge in [0.15, 0.2) is 0 Å². The van der Waals surface area contributed by atoms with Crippen molar-refractivity contribution in [1.82, 2.24) is 14.9 Å². The summed E-state index contributed by atoms with van der Waals surface area (Å²) in [5, 5.41) is 7.18. The minimum absolute atomic E-state index is 0.435. The molecule has 70 valence electrons. The lowest BCUT2D eigenvalue weighted by Crippen LogP contribution is -2.29. The largest absolute Gasteiger partial charge is 0.301 e. The molecule has 1 saturated heterocycles. The van der Waals surface area contributed by atoms with Gasteiger partial charge in [0.25, 0.3) is 0 Å². The Labute approximate surface area is 75.8 Å². The van der Waals surface area contributed by atoms with Crippen LogP contribution in [-0.4, -0.2) is 31.7 Å². The molecule has 0 spiro atoms. The van der Waals surface area contributed by atoms with Crippen molar-refractivity contribution in [2.45, 2.75) is 0 Å². The lowest BCUT2D eigenvalue weighted by molar-refractivity contribution is 0.591. The Morgan fingerprint density at radius 1 is 1.46 bits per heavy atom. The van der Waals surface area contributed by atoms with Gasteiger partial charge in [0.05, 0.1) is 18.1 Å². The molecular formula is C6H8N4O2S.